The average molecular weight is 320 g/mol. The molecule has 0 saturated heterocycles. The van der Waals surface area contributed by atoms with Gasteiger partial charge >= 0.3 is 0 Å². The maximum atomic E-state index is 13.4. The minimum absolute atomic E-state index is 0.0988. The second kappa shape index (κ2) is 4.92. The second-order valence-corrected chi connectivity index (χ2v) is 9.53. The van der Waals surface area contributed by atoms with E-state index in [0.29, 0.717) is 18.8 Å². The van der Waals surface area contributed by atoms with Gasteiger partial charge in [0.2, 0.25) is 0 Å². The van der Waals surface area contributed by atoms with Gasteiger partial charge in [-0.05, 0) is 49.9 Å². The Morgan fingerprint density at radius 2 is 1.83 bits per heavy atom. The SMILES string of the molecule is C=C[C@@]1(C)CC[C@]2(C)C(=O)[C@@H]3C[C@@H](O)C(C)(C)[C@@]3(O)CC[C@H]2C1. The maximum Gasteiger partial charge on any atom is 0.145 e. The molecule has 0 bridgehead atoms. The summed E-state index contributed by atoms with van der Waals surface area (Å²) >= 11 is 0. The molecule has 3 nitrogen and oxygen atoms in total. The normalized spacial score (nSPS) is 52.4. The summed E-state index contributed by atoms with van der Waals surface area (Å²) in [6.07, 6.45) is 6.13. The molecule has 0 aromatic rings. The summed E-state index contributed by atoms with van der Waals surface area (Å²) < 4.78 is 0. The first-order chi connectivity index (χ1) is 10.5. The highest BCUT2D eigenvalue weighted by Crippen LogP contribution is 2.61. The second-order valence-electron chi connectivity index (χ2n) is 9.53. The number of hydrogen-bond acceptors (Lipinski definition) is 3. The molecule has 3 fully saturated rings. The smallest absolute Gasteiger partial charge is 0.145 e. The van der Waals surface area contributed by atoms with Crippen molar-refractivity contribution in [2.45, 2.75) is 77.9 Å². The molecular formula is C20H32O3. The number of carbonyl (C=O) groups excluding carboxylic acids is 1. The fourth-order valence-corrected chi connectivity index (χ4v) is 5.63. The van der Waals surface area contributed by atoms with Gasteiger partial charge in [-0.3, -0.25) is 4.79 Å². The fourth-order valence-electron chi connectivity index (χ4n) is 5.63. The zero-order valence-corrected chi connectivity index (χ0v) is 15.1. The van der Waals surface area contributed by atoms with E-state index < -0.39 is 23.0 Å². The van der Waals surface area contributed by atoms with Crippen LogP contribution in [0.25, 0.3) is 0 Å². The molecule has 0 aromatic carbocycles. The molecule has 3 aliphatic rings. The first-order valence-corrected chi connectivity index (χ1v) is 9.08. The van der Waals surface area contributed by atoms with Crippen molar-refractivity contribution in [1.82, 2.24) is 0 Å². The standard InChI is InChI=1S/C20H32O3/c1-6-18(4)9-10-19(5)13(12-18)7-8-20(23)14(16(19)22)11-15(21)17(20,2)3/h6,13-15,21,23H,1,7-12H2,2-5H3/t13-,14-,15+,18-,19-,20+/m0/s1. The molecule has 0 radical (unpaired) electrons. The van der Waals surface area contributed by atoms with Gasteiger partial charge in [-0.25, -0.2) is 0 Å². The molecule has 0 unspecified atom stereocenters. The number of hydrogen-bond donors (Lipinski definition) is 2. The third-order valence-electron chi connectivity index (χ3n) is 8.06. The molecule has 3 saturated carbocycles. The van der Waals surface area contributed by atoms with E-state index in [-0.39, 0.29) is 16.6 Å². The zero-order valence-electron chi connectivity index (χ0n) is 15.1. The lowest BCUT2D eigenvalue weighted by atomic mass is 9.56. The molecule has 0 spiro atoms. The van der Waals surface area contributed by atoms with Gasteiger partial charge in [-0.15, -0.1) is 6.58 Å². The molecule has 0 aliphatic heterocycles. The Hall–Kier alpha value is -0.670. The molecule has 3 rings (SSSR count). The maximum absolute atomic E-state index is 13.4. The van der Waals surface area contributed by atoms with E-state index in [1.165, 1.54) is 0 Å². The topological polar surface area (TPSA) is 57.5 Å². The van der Waals surface area contributed by atoms with Gasteiger partial charge in [-0.1, -0.05) is 33.8 Å². The van der Waals surface area contributed by atoms with Crippen LogP contribution < -0.4 is 0 Å². The first kappa shape index (κ1) is 17.2. The van der Waals surface area contributed by atoms with Crippen LogP contribution in [0.3, 0.4) is 0 Å². The van der Waals surface area contributed by atoms with Gasteiger partial charge in [0.15, 0.2) is 0 Å². The monoisotopic (exact) mass is 320 g/mol. The van der Waals surface area contributed by atoms with Crippen LogP contribution in [0.15, 0.2) is 12.7 Å². The van der Waals surface area contributed by atoms with E-state index >= 15 is 0 Å². The van der Waals surface area contributed by atoms with Crippen LogP contribution in [-0.2, 0) is 4.79 Å². The number of aliphatic hydroxyl groups excluding tert-OH is 1. The van der Waals surface area contributed by atoms with Crippen molar-refractivity contribution < 1.29 is 15.0 Å². The van der Waals surface area contributed by atoms with E-state index in [0.717, 1.165) is 25.7 Å². The summed E-state index contributed by atoms with van der Waals surface area (Å²) in [6.45, 7) is 12.2. The van der Waals surface area contributed by atoms with E-state index in [1.807, 2.05) is 19.9 Å². The largest absolute Gasteiger partial charge is 0.392 e. The molecule has 0 heterocycles. The van der Waals surface area contributed by atoms with Gasteiger partial charge in [0.05, 0.1) is 17.6 Å². The summed E-state index contributed by atoms with van der Waals surface area (Å²) in [5.41, 5.74) is -1.97. The Kier molecular flexibility index (Phi) is 3.67. The molecule has 0 amide bonds. The Morgan fingerprint density at radius 3 is 2.43 bits per heavy atom. The van der Waals surface area contributed by atoms with Crippen molar-refractivity contribution >= 4 is 5.78 Å². The van der Waals surface area contributed by atoms with Crippen LogP contribution in [0.2, 0.25) is 0 Å². The molecule has 2 N–H and O–H groups in total. The van der Waals surface area contributed by atoms with Crippen LogP contribution in [0, 0.1) is 28.1 Å². The van der Waals surface area contributed by atoms with Crippen LogP contribution >= 0.6 is 0 Å². The van der Waals surface area contributed by atoms with Crippen LogP contribution in [0.1, 0.15) is 66.2 Å². The zero-order chi connectivity index (χ0) is 17.3. The van der Waals surface area contributed by atoms with Crippen LogP contribution in [0.5, 0.6) is 0 Å². The van der Waals surface area contributed by atoms with E-state index in [1.54, 1.807) is 0 Å². The number of carbonyl (C=O) groups is 1. The van der Waals surface area contributed by atoms with Crippen molar-refractivity contribution in [3.63, 3.8) is 0 Å². The quantitative estimate of drug-likeness (QED) is 0.727. The number of allylic oxidation sites excluding steroid dienone is 1. The summed E-state index contributed by atoms with van der Waals surface area (Å²) in [5.74, 6) is 0.0724. The van der Waals surface area contributed by atoms with Gasteiger partial charge in [0.1, 0.15) is 5.78 Å². The first-order valence-electron chi connectivity index (χ1n) is 9.08. The lowest BCUT2D eigenvalue weighted by Gasteiger charge is -2.47. The van der Waals surface area contributed by atoms with Crippen molar-refractivity contribution in [2.24, 2.45) is 28.1 Å². The highest BCUT2D eigenvalue weighted by molar-refractivity contribution is 5.89. The van der Waals surface area contributed by atoms with Crippen LogP contribution in [0.4, 0.5) is 0 Å². The summed E-state index contributed by atoms with van der Waals surface area (Å²) in [6, 6.07) is 0. The number of Topliss-reactive ketones (excluding diaryl/α,β-unsaturated/α-hetero) is 1. The Labute approximate surface area is 140 Å². The summed E-state index contributed by atoms with van der Waals surface area (Å²) in [4.78, 5) is 13.4. The lowest BCUT2D eigenvalue weighted by Crippen LogP contribution is -2.51. The highest BCUT2D eigenvalue weighted by Gasteiger charge is 2.66. The molecular weight excluding hydrogens is 288 g/mol. The third-order valence-corrected chi connectivity index (χ3v) is 8.06. The van der Waals surface area contributed by atoms with Gasteiger partial charge in [-0.2, -0.15) is 0 Å². The van der Waals surface area contributed by atoms with Crippen molar-refractivity contribution in [2.75, 3.05) is 0 Å². The lowest BCUT2D eigenvalue weighted by molar-refractivity contribution is -0.148. The van der Waals surface area contributed by atoms with E-state index in [9.17, 15) is 15.0 Å². The molecule has 3 aliphatic carbocycles. The summed E-state index contributed by atoms with van der Waals surface area (Å²) in [7, 11) is 0. The van der Waals surface area contributed by atoms with Gasteiger partial charge < -0.3 is 10.2 Å². The number of rotatable bonds is 1. The van der Waals surface area contributed by atoms with Crippen molar-refractivity contribution in [1.29, 1.82) is 0 Å². The molecule has 6 atom stereocenters. The van der Waals surface area contributed by atoms with Gasteiger partial charge in [0, 0.05) is 10.8 Å². The van der Waals surface area contributed by atoms with Gasteiger partial charge in [0.25, 0.3) is 0 Å². The Morgan fingerprint density at radius 1 is 1.17 bits per heavy atom. The highest BCUT2D eigenvalue weighted by atomic mass is 16.3. The van der Waals surface area contributed by atoms with E-state index in [4.69, 9.17) is 0 Å². The molecule has 3 heteroatoms. The van der Waals surface area contributed by atoms with Crippen LogP contribution in [-0.4, -0.2) is 27.7 Å². The predicted octanol–water partition coefficient (Wildman–Crippen LogP) is 3.49. The minimum atomic E-state index is -1.07. The molecule has 0 aromatic heterocycles. The predicted molar refractivity (Wildman–Crippen MR) is 90.8 cm³/mol. The van der Waals surface area contributed by atoms with E-state index in [2.05, 4.69) is 20.4 Å². The summed E-state index contributed by atoms with van der Waals surface area (Å²) in [5, 5.41) is 21.8. The number of fused-ring (bicyclic) bond motifs is 2. The molecule has 23 heavy (non-hydrogen) atoms. The third kappa shape index (κ3) is 2.12. The minimum Gasteiger partial charge on any atom is -0.392 e. The number of ketones is 1. The Bertz CT molecular complexity index is 539. The number of aliphatic hydroxyl groups is 2. The van der Waals surface area contributed by atoms with Crippen molar-refractivity contribution in [3.8, 4) is 0 Å². The average Bonchev–Trinajstić information content (AvgIpc) is 2.63. The Balaban J connectivity index is 2.00. The fraction of sp³-hybridized carbons (Fsp3) is 0.850. The molecule has 130 valence electrons. The van der Waals surface area contributed by atoms with Crippen molar-refractivity contribution in [3.05, 3.63) is 12.7 Å².